The lowest BCUT2D eigenvalue weighted by Crippen LogP contribution is -2.32. The summed E-state index contributed by atoms with van der Waals surface area (Å²) in [6, 6.07) is 5.05. The second-order valence-corrected chi connectivity index (χ2v) is 4.80. The van der Waals surface area contributed by atoms with Crippen LogP contribution in [0, 0.1) is 17.3 Å². The van der Waals surface area contributed by atoms with Gasteiger partial charge in [-0.3, -0.25) is 10.2 Å². The van der Waals surface area contributed by atoms with E-state index >= 15 is 0 Å². The standard InChI is InChI=1S/C17H22N4O4/c1-23-7-6-21-16(19)15(17(20)22)14(18)5-4-11-8-12(24-2)10-13(9-11)25-3/h8-10,18,21H,6-7,19H2,1-3H3,(H2,20,22)/b16-15-,18-14?. The van der Waals surface area contributed by atoms with E-state index in [2.05, 4.69) is 17.2 Å². The predicted molar refractivity (Wildman–Crippen MR) is 94.4 cm³/mol. The smallest absolute Gasteiger partial charge is 0.255 e. The molecule has 0 heterocycles. The highest BCUT2D eigenvalue weighted by molar-refractivity contribution is 6.27. The van der Waals surface area contributed by atoms with Gasteiger partial charge in [-0.1, -0.05) is 5.92 Å². The Balaban J connectivity index is 3.08. The third-order valence-electron chi connectivity index (χ3n) is 3.07. The van der Waals surface area contributed by atoms with Gasteiger partial charge in [0.15, 0.2) is 0 Å². The molecule has 0 aromatic heterocycles. The highest BCUT2D eigenvalue weighted by Gasteiger charge is 2.15. The molecule has 1 rings (SSSR count). The summed E-state index contributed by atoms with van der Waals surface area (Å²) in [5.74, 6) is 5.58. The van der Waals surface area contributed by atoms with E-state index in [1.54, 1.807) is 18.2 Å². The van der Waals surface area contributed by atoms with E-state index < -0.39 is 5.91 Å². The summed E-state index contributed by atoms with van der Waals surface area (Å²) in [5.41, 5.74) is 11.2. The largest absolute Gasteiger partial charge is 0.497 e. The van der Waals surface area contributed by atoms with Crippen molar-refractivity contribution in [3.8, 4) is 23.3 Å². The van der Waals surface area contributed by atoms with Crippen molar-refractivity contribution >= 4 is 11.6 Å². The molecular weight excluding hydrogens is 324 g/mol. The van der Waals surface area contributed by atoms with E-state index in [4.69, 9.17) is 31.1 Å². The maximum absolute atomic E-state index is 11.6. The Bertz CT molecular complexity index is 710. The van der Waals surface area contributed by atoms with Gasteiger partial charge in [0, 0.05) is 25.3 Å². The summed E-state index contributed by atoms with van der Waals surface area (Å²) in [6.45, 7) is 0.752. The van der Waals surface area contributed by atoms with Gasteiger partial charge < -0.3 is 31.0 Å². The molecule has 0 atom stereocenters. The fraction of sp³-hybridized carbons (Fsp3) is 0.294. The topological polar surface area (TPSA) is 133 Å². The first kappa shape index (κ1) is 19.9. The first-order valence-corrected chi connectivity index (χ1v) is 7.29. The van der Waals surface area contributed by atoms with Gasteiger partial charge >= 0.3 is 0 Å². The summed E-state index contributed by atoms with van der Waals surface area (Å²) in [5, 5.41) is 10.8. The number of hydrogen-bond acceptors (Lipinski definition) is 7. The second-order valence-electron chi connectivity index (χ2n) is 4.80. The van der Waals surface area contributed by atoms with Crippen LogP contribution in [0.4, 0.5) is 0 Å². The van der Waals surface area contributed by atoms with E-state index in [-0.39, 0.29) is 17.1 Å². The van der Waals surface area contributed by atoms with Crippen LogP contribution in [0.1, 0.15) is 5.56 Å². The molecule has 134 valence electrons. The van der Waals surface area contributed by atoms with Gasteiger partial charge in [0.05, 0.1) is 20.8 Å². The molecule has 0 bridgehead atoms. The van der Waals surface area contributed by atoms with E-state index in [1.165, 1.54) is 21.3 Å². The van der Waals surface area contributed by atoms with Crippen LogP contribution in [0.5, 0.6) is 11.5 Å². The minimum absolute atomic E-state index is 0.0212. The van der Waals surface area contributed by atoms with Crippen LogP contribution >= 0.6 is 0 Å². The molecule has 0 aliphatic rings. The molecule has 1 aromatic rings. The number of nitrogens with one attached hydrogen (secondary N) is 2. The lowest BCUT2D eigenvalue weighted by molar-refractivity contribution is -0.114. The van der Waals surface area contributed by atoms with Crippen molar-refractivity contribution in [2.75, 3.05) is 34.5 Å². The SMILES string of the molecule is COCCN/C(N)=C(/C(=N)C#Cc1cc(OC)cc(OC)c1)C(N)=O. The maximum Gasteiger partial charge on any atom is 0.255 e. The van der Waals surface area contributed by atoms with Gasteiger partial charge in [-0.05, 0) is 18.1 Å². The number of primary amides is 1. The molecule has 0 spiro atoms. The molecule has 1 aromatic carbocycles. The first-order chi connectivity index (χ1) is 11.9. The van der Waals surface area contributed by atoms with Crippen molar-refractivity contribution in [1.29, 1.82) is 5.41 Å². The number of methoxy groups -OCH3 is 3. The molecule has 0 aliphatic heterocycles. The maximum atomic E-state index is 11.6. The third-order valence-corrected chi connectivity index (χ3v) is 3.07. The van der Waals surface area contributed by atoms with E-state index in [9.17, 15) is 4.79 Å². The third kappa shape index (κ3) is 6.08. The number of rotatable bonds is 8. The summed E-state index contributed by atoms with van der Waals surface area (Å²) < 4.78 is 15.2. The quantitative estimate of drug-likeness (QED) is 0.226. The van der Waals surface area contributed by atoms with Gasteiger partial charge in [-0.15, -0.1) is 0 Å². The fourth-order valence-corrected chi connectivity index (χ4v) is 1.84. The van der Waals surface area contributed by atoms with Gasteiger partial charge in [-0.25, -0.2) is 0 Å². The summed E-state index contributed by atoms with van der Waals surface area (Å²) in [6.07, 6.45) is 0. The summed E-state index contributed by atoms with van der Waals surface area (Å²) in [4.78, 5) is 11.6. The van der Waals surface area contributed by atoms with Crippen LogP contribution in [-0.2, 0) is 9.53 Å². The number of hydrogen-bond donors (Lipinski definition) is 4. The Labute approximate surface area is 146 Å². The molecule has 1 amide bonds. The lowest BCUT2D eigenvalue weighted by Gasteiger charge is -2.09. The van der Waals surface area contributed by atoms with Gasteiger partial charge in [-0.2, -0.15) is 0 Å². The minimum atomic E-state index is -0.843. The molecular formula is C17H22N4O4. The molecule has 0 saturated carbocycles. The Kier molecular flexibility index (Phi) is 7.82. The Morgan fingerprint density at radius 3 is 2.24 bits per heavy atom. The van der Waals surface area contributed by atoms with Crippen molar-refractivity contribution in [2.24, 2.45) is 11.5 Å². The van der Waals surface area contributed by atoms with Gasteiger partial charge in [0.25, 0.3) is 5.91 Å². The van der Waals surface area contributed by atoms with Crippen LogP contribution in [0.2, 0.25) is 0 Å². The van der Waals surface area contributed by atoms with Crippen LogP contribution in [0.15, 0.2) is 29.6 Å². The highest BCUT2D eigenvalue weighted by atomic mass is 16.5. The summed E-state index contributed by atoms with van der Waals surface area (Å²) in [7, 11) is 4.58. The van der Waals surface area contributed by atoms with E-state index in [0.29, 0.717) is 30.2 Å². The molecule has 25 heavy (non-hydrogen) atoms. The molecule has 8 heteroatoms. The van der Waals surface area contributed by atoms with Crippen LogP contribution in [0.3, 0.4) is 0 Å². The number of ether oxygens (including phenoxy) is 3. The van der Waals surface area contributed by atoms with Crippen molar-refractivity contribution in [3.05, 3.63) is 35.2 Å². The zero-order valence-electron chi connectivity index (χ0n) is 14.4. The first-order valence-electron chi connectivity index (χ1n) is 7.29. The average molecular weight is 346 g/mol. The Morgan fingerprint density at radius 2 is 1.76 bits per heavy atom. The molecule has 0 unspecified atom stereocenters. The normalized spacial score (nSPS) is 10.8. The van der Waals surface area contributed by atoms with Crippen LogP contribution < -0.4 is 26.3 Å². The molecule has 0 fully saturated rings. The Morgan fingerprint density at radius 1 is 1.16 bits per heavy atom. The predicted octanol–water partition coefficient (Wildman–Crippen LogP) is -0.0333. The molecule has 0 aliphatic carbocycles. The van der Waals surface area contributed by atoms with Crippen molar-refractivity contribution in [3.63, 3.8) is 0 Å². The zero-order chi connectivity index (χ0) is 18.8. The second kappa shape index (κ2) is 9.85. The molecule has 6 N–H and O–H groups in total. The minimum Gasteiger partial charge on any atom is -0.497 e. The molecule has 8 nitrogen and oxygen atoms in total. The number of nitrogens with two attached hydrogens (primary N) is 2. The fourth-order valence-electron chi connectivity index (χ4n) is 1.84. The molecule has 0 saturated heterocycles. The van der Waals surface area contributed by atoms with Crippen LogP contribution in [0.25, 0.3) is 0 Å². The zero-order valence-corrected chi connectivity index (χ0v) is 14.4. The number of carbonyl (C=O) groups is 1. The van der Waals surface area contributed by atoms with Crippen molar-refractivity contribution in [1.82, 2.24) is 5.32 Å². The Hall–Kier alpha value is -3.18. The van der Waals surface area contributed by atoms with Crippen molar-refractivity contribution in [2.45, 2.75) is 0 Å². The lowest BCUT2D eigenvalue weighted by atomic mass is 10.1. The van der Waals surface area contributed by atoms with E-state index in [0.717, 1.165) is 0 Å². The van der Waals surface area contributed by atoms with E-state index in [1.807, 2.05) is 0 Å². The number of carbonyl (C=O) groups excluding carboxylic acids is 1. The van der Waals surface area contributed by atoms with Crippen molar-refractivity contribution < 1.29 is 19.0 Å². The van der Waals surface area contributed by atoms with Crippen LogP contribution in [-0.4, -0.2) is 46.1 Å². The van der Waals surface area contributed by atoms with Gasteiger partial charge in [0.2, 0.25) is 0 Å². The summed E-state index contributed by atoms with van der Waals surface area (Å²) >= 11 is 0. The van der Waals surface area contributed by atoms with Gasteiger partial charge in [0.1, 0.15) is 28.6 Å². The molecule has 0 radical (unpaired) electrons. The average Bonchev–Trinajstić information content (AvgIpc) is 2.59. The number of amides is 1. The number of benzene rings is 1. The highest BCUT2D eigenvalue weighted by Crippen LogP contribution is 2.21. The monoisotopic (exact) mass is 346 g/mol.